The fourth-order valence-corrected chi connectivity index (χ4v) is 1.84. The van der Waals surface area contributed by atoms with E-state index in [1.165, 1.54) is 0 Å². The van der Waals surface area contributed by atoms with Gasteiger partial charge in [0.15, 0.2) is 5.82 Å². The Morgan fingerprint density at radius 3 is 2.73 bits per heavy atom. The molecule has 0 N–H and O–H groups in total. The van der Waals surface area contributed by atoms with Crippen LogP contribution in [0.5, 0.6) is 0 Å². The molecule has 1 fully saturated rings. The molecule has 0 bridgehead atoms. The molecule has 0 amide bonds. The van der Waals surface area contributed by atoms with Crippen molar-refractivity contribution in [3.63, 3.8) is 0 Å². The Morgan fingerprint density at radius 2 is 2.27 bits per heavy atom. The zero-order chi connectivity index (χ0) is 11.0. The molecule has 1 aromatic rings. The van der Waals surface area contributed by atoms with Crippen molar-refractivity contribution in [2.75, 3.05) is 13.6 Å². The van der Waals surface area contributed by atoms with Gasteiger partial charge in [-0.1, -0.05) is 19.0 Å². The van der Waals surface area contributed by atoms with Crippen LogP contribution in [0, 0.1) is 0 Å². The molecule has 0 spiro atoms. The van der Waals surface area contributed by atoms with Crippen molar-refractivity contribution in [2.45, 2.75) is 38.4 Å². The van der Waals surface area contributed by atoms with Crippen molar-refractivity contribution < 1.29 is 8.91 Å². The predicted molar refractivity (Wildman–Crippen MR) is 53.3 cm³/mol. The molecule has 15 heavy (non-hydrogen) atoms. The summed E-state index contributed by atoms with van der Waals surface area (Å²) in [6, 6.07) is -0.0556. The van der Waals surface area contributed by atoms with Gasteiger partial charge in [0, 0.05) is 18.9 Å². The molecule has 2 atom stereocenters. The largest absolute Gasteiger partial charge is 0.338 e. The molecule has 0 unspecified atom stereocenters. The molecule has 1 saturated heterocycles. The Kier molecular flexibility index (Phi) is 2.73. The quantitative estimate of drug-likeness (QED) is 0.752. The lowest BCUT2D eigenvalue weighted by molar-refractivity contribution is 0.242. The number of nitrogens with zero attached hydrogens (tertiary/aromatic N) is 3. The summed E-state index contributed by atoms with van der Waals surface area (Å²) >= 11 is 0. The van der Waals surface area contributed by atoms with E-state index in [2.05, 4.69) is 10.1 Å². The molecule has 2 heterocycles. The molecule has 0 aliphatic carbocycles. The second kappa shape index (κ2) is 3.89. The first-order chi connectivity index (χ1) is 7.08. The minimum Gasteiger partial charge on any atom is -0.338 e. The van der Waals surface area contributed by atoms with E-state index in [1.54, 1.807) is 0 Å². The van der Waals surface area contributed by atoms with Crippen LogP contribution < -0.4 is 0 Å². The van der Waals surface area contributed by atoms with E-state index in [4.69, 9.17) is 4.52 Å². The van der Waals surface area contributed by atoms with Gasteiger partial charge in [0.2, 0.25) is 5.89 Å². The average Bonchev–Trinajstić information content (AvgIpc) is 2.71. The smallest absolute Gasteiger partial charge is 0.244 e. The van der Waals surface area contributed by atoms with Crippen molar-refractivity contribution in [1.82, 2.24) is 15.0 Å². The van der Waals surface area contributed by atoms with E-state index in [1.807, 2.05) is 25.8 Å². The number of likely N-dealkylation sites (tertiary alicyclic amines) is 1. The monoisotopic (exact) mass is 213 g/mol. The van der Waals surface area contributed by atoms with Crippen molar-refractivity contribution in [3.05, 3.63) is 11.7 Å². The first-order valence-electron chi connectivity index (χ1n) is 5.25. The summed E-state index contributed by atoms with van der Waals surface area (Å²) in [6.45, 7) is 4.46. The minimum absolute atomic E-state index is 0.0556. The Labute approximate surface area is 88.5 Å². The lowest BCUT2D eigenvalue weighted by Crippen LogP contribution is -2.18. The van der Waals surface area contributed by atoms with Crippen LogP contribution in [0.3, 0.4) is 0 Å². The number of hydrogen-bond donors (Lipinski definition) is 0. The van der Waals surface area contributed by atoms with Crippen molar-refractivity contribution in [2.24, 2.45) is 0 Å². The van der Waals surface area contributed by atoms with Gasteiger partial charge >= 0.3 is 0 Å². The number of hydrogen-bond acceptors (Lipinski definition) is 4. The van der Waals surface area contributed by atoms with Gasteiger partial charge in [-0.25, -0.2) is 4.39 Å². The lowest BCUT2D eigenvalue weighted by Gasteiger charge is -2.13. The highest BCUT2D eigenvalue weighted by atomic mass is 19.1. The molecule has 4 nitrogen and oxygen atoms in total. The van der Waals surface area contributed by atoms with Gasteiger partial charge in [0.05, 0.1) is 6.04 Å². The molecule has 84 valence electrons. The molecule has 1 aliphatic rings. The second-order valence-corrected chi connectivity index (χ2v) is 4.43. The molecule has 1 aromatic heterocycles. The molecule has 0 aromatic carbocycles. The summed E-state index contributed by atoms with van der Waals surface area (Å²) < 4.78 is 18.3. The van der Waals surface area contributed by atoms with Crippen molar-refractivity contribution in [3.8, 4) is 0 Å². The molecular weight excluding hydrogens is 197 g/mol. The second-order valence-electron chi connectivity index (χ2n) is 4.43. The highest BCUT2D eigenvalue weighted by Gasteiger charge is 2.34. The van der Waals surface area contributed by atoms with Gasteiger partial charge in [-0.2, -0.15) is 4.98 Å². The normalized spacial score (nSPS) is 27.8. The topological polar surface area (TPSA) is 42.2 Å². The minimum atomic E-state index is -0.783. The molecule has 0 saturated carbocycles. The van der Waals surface area contributed by atoms with Crippen LogP contribution in [-0.2, 0) is 0 Å². The standard InChI is InChI=1S/C10H16FN3O/c1-6(2)9-12-10(15-13-9)8-4-7(11)5-14(8)3/h6-8H,4-5H2,1-3H3/t7-,8-/m0/s1. The summed E-state index contributed by atoms with van der Waals surface area (Å²) in [7, 11) is 1.88. The van der Waals surface area contributed by atoms with E-state index in [9.17, 15) is 4.39 Å². The first kappa shape index (κ1) is 10.5. The Balaban J connectivity index is 2.15. The van der Waals surface area contributed by atoms with E-state index in [0.29, 0.717) is 24.7 Å². The van der Waals surface area contributed by atoms with Crippen LogP contribution >= 0.6 is 0 Å². The molecule has 2 rings (SSSR count). The number of rotatable bonds is 2. The van der Waals surface area contributed by atoms with Crippen LogP contribution in [0.15, 0.2) is 4.52 Å². The maximum absolute atomic E-state index is 13.1. The summed E-state index contributed by atoms with van der Waals surface area (Å²) in [5.74, 6) is 1.48. The third kappa shape index (κ3) is 2.02. The van der Waals surface area contributed by atoms with Gasteiger partial charge in [0.1, 0.15) is 6.17 Å². The fourth-order valence-electron chi connectivity index (χ4n) is 1.84. The van der Waals surface area contributed by atoms with Crippen LogP contribution in [0.2, 0.25) is 0 Å². The molecular formula is C10H16FN3O. The maximum Gasteiger partial charge on any atom is 0.244 e. The van der Waals surface area contributed by atoms with Gasteiger partial charge in [0.25, 0.3) is 0 Å². The van der Waals surface area contributed by atoms with E-state index < -0.39 is 6.17 Å². The van der Waals surface area contributed by atoms with Gasteiger partial charge in [-0.05, 0) is 7.05 Å². The van der Waals surface area contributed by atoms with Gasteiger partial charge in [-0.3, -0.25) is 4.90 Å². The summed E-state index contributed by atoms with van der Waals surface area (Å²) in [6.07, 6.45) is -0.328. The Bertz CT molecular complexity index is 339. The lowest BCUT2D eigenvalue weighted by atomic mass is 10.2. The molecule has 5 heteroatoms. The third-order valence-corrected chi connectivity index (χ3v) is 2.76. The van der Waals surface area contributed by atoms with Crippen LogP contribution in [0.1, 0.15) is 43.9 Å². The number of alkyl halides is 1. The number of halogens is 1. The highest BCUT2D eigenvalue weighted by Crippen LogP contribution is 2.31. The van der Waals surface area contributed by atoms with Gasteiger partial charge in [-0.15, -0.1) is 0 Å². The van der Waals surface area contributed by atoms with E-state index >= 15 is 0 Å². The Morgan fingerprint density at radius 1 is 1.53 bits per heavy atom. The van der Waals surface area contributed by atoms with E-state index in [0.717, 1.165) is 0 Å². The third-order valence-electron chi connectivity index (χ3n) is 2.76. The zero-order valence-corrected chi connectivity index (χ0v) is 9.27. The Hall–Kier alpha value is -0.970. The SMILES string of the molecule is CC(C)c1noc([C@@H]2C[C@H](F)CN2C)n1. The van der Waals surface area contributed by atoms with Crippen molar-refractivity contribution in [1.29, 1.82) is 0 Å². The van der Waals surface area contributed by atoms with Crippen molar-refractivity contribution >= 4 is 0 Å². The predicted octanol–water partition coefficient (Wildman–Crippen LogP) is 1.91. The molecule has 1 aliphatic heterocycles. The highest BCUT2D eigenvalue weighted by molar-refractivity contribution is 5.00. The van der Waals surface area contributed by atoms with Crippen LogP contribution in [-0.4, -0.2) is 34.8 Å². The fraction of sp³-hybridized carbons (Fsp3) is 0.800. The zero-order valence-electron chi connectivity index (χ0n) is 9.27. The summed E-state index contributed by atoms with van der Waals surface area (Å²) in [5, 5.41) is 3.88. The summed E-state index contributed by atoms with van der Waals surface area (Å²) in [5.41, 5.74) is 0. The molecule has 0 radical (unpaired) electrons. The number of aromatic nitrogens is 2. The maximum atomic E-state index is 13.1. The summed E-state index contributed by atoms with van der Waals surface area (Å²) in [4.78, 5) is 6.21. The average molecular weight is 213 g/mol. The van der Waals surface area contributed by atoms with E-state index in [-0.39, 0.29) is 12.0 Å². The first-order valence-corrected chi connectivity index (χ1v) is 5.25. The van der Waals surface area contributed by atoms with Crippen LogP contribution in [0.25, 0.3) is 0 Å². The van der Waals surface area contributed by atoms with Crippen LogP contribution in [0.4, 0.5) is 4.39 Å². The van der Waals surface area contributed by atoms with Gasteiger partial charge < -0.3 is 4.52 Å².